The number of carbonyl (C=O) groups is 3. The van der Waals surface area contributed by atoms with Crippen LogP contribution in [-0.2, 0) is 19.1 Å². The molecule has 0 fully saturated rings. The fourth-order valence-corrected chi connectivity index (χ4v) is 4.96. The van der Waals surface area contributed by atoms with Crippen LogP contribution >= 0.6 is 11.6 Å². The molecule has 1 aliphatic heterocycles. The first-order chi connectivity index (χ1) is 17.2. The van der Waals surface area contributed by atoms with E-state index < -0.39 is 17.9 Å². The predicted molar refractivity (Wildman–Crippen MR) is 138 cm³/mol. The van der Waals surface area contributed by atoms with Crippen LogP contribution in [0.4, 0.5) is 0 Å². The molecule has 1 N–H and O–H groups in total. The van der Waals surface area contributed by atoms with Crippen LogP contribution < -0.4 is 10.1 Å². The number of hydrogen-bond acceptors (Lipinski definition) is 6. The molecule has 7 heteroatoms. The normalized spacial score (nSPS) is 20.4. The second-order valence-corrected chi connectivity index (χ2v) is 9.79. The molecular formula is C29H30ClNO5. The maximum atomic E-state index is 13.7. The SMILES string of the molecule is CC[C@H](C)OC(=O)C1=C(C)NC2=C(C(=O)C[C@H](c3ccc(Cl)cc3)C2)[C@@H]1c1ccc(OC(C)=O)cc1. The Kier molecular flexibility index (Phi) is 7.65. The van der Waals surface area contributed by atoms with Gasteiger partial charge in [0.25, 0.3) is 0 Å². The lowest BCUT2D eigenvalue weighted by Crippen LogP contribution is -2.36. The smallest absolute Gasteiger partial charge is 0.337 e. The van der Waals surface area contributed by atoms with E-state index in [9.17, 15) is 14.4 Å². The highest BCUT2D eigenvalue weighted by molar-refractivity contribution is 6.30. The molecule has 0 amide bonds. The Bertz CT molecular complexity index is 1240. The van der Waals surface area contributed by atoms with Crippen molar-refractivity contribution in [2.24, 2.45) is 0 Å². The number of dihydropyridines is 1. The van der Waals surface area contributed by atoms with Gasteiger partial charge in [-0.2, -0.15) is 0 Å². The van der Waals surface area contributed by atoms with Gasteiger partial charge in [-0.25, -0.2) is 4.79 Å². The molecule has 4 rings (SSSR count). The maximum Gasteiger partial charge on any atom is 0.337 e. The van der Waals surface area contributed by atoms with Gasteiger partial charge in [0.1, 0.15) is 5.75 Å². The highest BCUT2D eigenvalue weighted by atomic mass is 35.5. The quantitative estimate of drug-likeness (QED) is 0.383. The number of ether oxygens (including phenoxy) is 2. The molecule has 0 spiro atoms. The molecule has 0 saturated carbocycles. The Labute approximate surface area is 216 Å². The van der Waals surface area contributed by atoms with Crippen molar-refractivity contribution in [3.05, 3.63) is 87.2 Å². The average Bonchev–Trinajstić information content (AvgIpc) is 2.83. The van der Waals surface area contributed by atoms with Gasteiger partial charge in [-0.1, -0.05) is 42.8 Å². The van der Waals surface area contributed by atoms with Crippen molar-refractivity contribution >= 4 is 29.3 Å². The second kappa shape index (κ2) is 10.7. The first kappa shape index (κ1) is 25.7. The Morgan fingerprint density at radius 2 is 1.69 bits per heavy atom. The molecule has 1 aliphatic carbocycles. The summed E-state index contributed by atoms with van der Waals surface area (Å²) in [5.41, 5.74) is 4.30. The second-order valence-electron chi connectivity index (χ2n) is 9.36. The van der Waals surface area contributed by atoms with Crippen LogP contribution in [0.5, 0.6) is 5.75 Å². The van der Waals surface area contributed by atoms with E-state index >= 15 is 0 Å². The van der Waals surface area contributed by atoms with E-state index in [1.807, 2.05) is 45.0 Å². The zero-order valence-electron chi connectivity index (χ0n) is 20.9. The lowest BCUT2D eigenvalue weighted by molar-refractivity contribution is -0.144. The number of ketones is 1. The molecule has 1 heterocycles. The topological polar surface area (TPSA) is 81.7 Å². The number of benzene rings is 2. The van der Waals surface area contributed by atoms with Gasteiger partial charge in [-0.15, -0.1) is 0 Å². The minimum absolute atomic E-state index is 0.00873. The van der Waals surface area contributed by atoms with E-state index in [-0.39, 0.29) is 17.8 Å². The summed E-state index contributed by atoms with van der Waals surface area (Å²) in [6.45, 7) is 6.98. The zero-order valence-corrected chi connectivity index (χ0v) is 21.6. The molecule has 188 valence electrons. The van der Waals surface area contributed by atoms with E-state index in [1.165, 1.54) is 6.92 Å². The molecule has 0 radical (unpaired) electrons. The Balaban J connectivity index is 1.76. The minimum Gasteiger partial charge on any atom is -0.459 e. The number of halogens is 1. The Morgan fingerprint density at radius 1 is 1.06 bits per heavy atom. The summed E-state index contributed by atoms with van der Waals surface area (Å²) in [6.07, 6.45) is 1.40. The highest BCUT2D eigenvalue weighted by Gasteiger charge is 2.41. The van der Waals surface area contributed by atoms with E-state index in [0.717, 1.165) is 16.8 Å². The fourth-order valence-electron chi connectivity index (χ4n) is 4.84. The lowest BCUT2D eigenvalue weighted by atomic mass is 9.71. The summed E-state index contributed by atoms with van der Waals surface area (Å²) >= 11 is 6.06. The van der Waals surface area contributed by atoms with E-state index in [0.29, 0.717) is 46.9 Å². The number of nitrogens with one attached hydrogen (secondary N) is 1. The monoisotopic (exact) mass is 507 g/mol. The molecule has 2 aliphatic rings. The van der Waals surface area contributed by atoms with Crippen molar-refractivity contribution in [3.63, 3.8) is 0 Å². The molecule has 36 heavy (non-hydrogen) atoms. The summed E-state index contributed by atoms with van der Waals surface area (Å²) in [5.74, 6) is -1.05. The summed E-state index contributed by atoms with van der Waals surface area (Å²) < 4.78 is 10.9. The summed E-state index contributed by atoms with van der Waals surface area (Å²) in [6, 6.07) is 14.5. The predicted octanol–water partition coefficient (Wildman–Crippen LogP) is 5.97. The molecule has 2 aromatic rings. The van der Waals surface area contributed by atoms with Gasteiger partial charge in [-0.05, 0) is 68.0 Å². The molecular weight excluding hydrogens is 478 g/mol. The number of allylic oxidation sites excluding steroid dienone is 3. The van der Waals surface area contributed by atoms with Crippen molar-refractivity contribution in [2.75, 3.05) is 0 Å². The van der Waals surface area contributed by atoms with Crippen LogP contribution in [0.2, 0.25) is 5.02 Å². The first-order valence-electron chi connectivity index (χ1n) is 12.2. The van der Waals surface area contributed by atoms with Gasteiger partial charge in [-0.3, -0.25) is 9.59 Å². The van der Waals surface area contributed by atoms with E-state index in [4.69, 9.17) is 21.1 Å². The van der Waals surface area contributed by atoms with E-state index in [2.05, 4.69) is 5.32 Å². The fraction of sp³-hybridized carbons (Fsp3) is 0.345. The van der Waals surface area contributed by atoms with Gasteiger partial charge in [0.2, 0.25) is 0 Å². The molecule has 0 bridgehead atoms. The van der Waals surface area contributed by atoms with Gasteiger partial charge >= 0.3 is 11.9 Å². The van der Waals surface area contributed by atoms with Crippen LogP contribution in [0.3, 0.4) is 0 Å². The van der Waals surface area contributed by atoms with Crippen LogP contribution in [0.1, 0.15) is 69.9 Å². The third-order valence-corrected chi connectivity index (χ3v) is 7.00. The summed E-state index contributed by atoms with van der Waals surface area (Å²) in [7, 11) is 0. The Hall–Kier alpha value is -3.38. The number of esters is 2. The number of carbonyl (C=O) groups excluding carboxylic acids is 3. The van der Waals surface area contributed by atoms with Crippen molar-refractivity contribution < 1.29 is 23.9 Å². The molecule has 3 atom stereocenters. The molecule has 2 aromatic carbocycles. The molecule has 0 unspecified atom stereocenters. The van der Waals surface area contributed by atoms with Gasteiger partial charge in [0, 0.05) is 41.3 Å². The first-order valence-corrected chi connectivity index (χ1v) is 12.5. The van der Waals surface area contributed by atoms with Gasteiger partial charge in [0.15, 0.2) is 5.78 Å². The van der Waals surface area contributed by atoms with Gasteiger partial charge in [0.05, 0.1) is 11.7 Å². The van der Waals surface area contributed by atoms with Crippen LogP contribution in [-0.4, -0.2) is 23.8 Å². The number of rotatable bonds is 6. The van der Waals surface area contributed by atoms with Crippen molar-refractivity contribution in [3.8, 4) is 5.75 Å². The standard InChI is InChI=1S/C29H30ClNO5/c1-5-16(2)35-29(34)26-17(3)31-24-14-21(19-6-10-22(30)11-7-19)15-25(33)28(24)27(26)20-8-12-23(13-9-20)36-18(4)32/h6-13,16,21,27,31H,5,14-15H2,1-4H3/t16-,21+,27+/m0/s1. The summed E-state index contributed by atoms with van der Waals surface area (Å²) in [4.78, 5) is 38.4. The van der Waals surface area contributed by atoms with Crippen molar-refractivity contribution in [1.29, 1.82) is 0 Å². The van der Waals surface area contributed by atoms with Crippen molar-refractivity contribution in [1.82, 2.24) is 5.32 Å². The summed E-state index contributed by atoms with van der Waals surface area (Å²) in [5, 5.41) is 4.01. The Morgan fingerprint density at radius 3 is 2.31 bits per heavy atom. The third-order valence-electron chi connectivity index (χ3n) is 6.75. The lowest BCUT2D eigenvalue weighted by Gasteiger charge is -2.37. The van der Waals surface area contributed by atoms with Crippen LogP contribution in [0, 0.1) is 0 Å². The van der Waals surface area contributed by atoms with Crippen LogP contribution in [0.25, 0.3) is 0 Å². The molecule has 0 aromatic heterocycles. The van der Waals surface area contributed by atoms with Gasteiger partial charge < -0.3 is 14.8 Å². The van der Waals surface area contributed by atoms with E-state index in [1.54, 1.807) is 24.3 Å². The highest BCUT2D eigenvalue weighted by Crippen LogP contribution is 2.46. The maximum absolute atomic E-state index is 13.7. The van der Waals surface area contributed by atoms with Crippen LogP contribution in [0.15, 0.2) is 71.1 Å². The number of hydrogen-bond donors (Lipinski definition) is 1. The number of Topliss-reactive ketones (excluding diaryl/α,β-unsaturated/α-hetero) is 1. The third kappa shape index (κ3) is 5.39. The minimum atomic E-state index is -0.581. The zero-order chi connectivity index (χ0) is 26.0. The largest absolute Gasteiger partial charge is 0.459 e. The average molecular weight is 508 g/mol. The molecule has 0 saturated heterocycles. The van der Waals surface area contributed by atoms with Crippen molar-refractivity contribution in [2.45, 2.75) is 64.9 Å². The molecule has 6 nitrogen and oxygen atoms in total.